The van der Waals surface area contributed by atoms with Gasteiger partial charge in [-0.05, 0) is 49.1 Å². The average molecular weight is 327 g/mol. The van der Waals surface area contributed by atoms with Gasteiger partial charge in [0, 0.05) is 5.56 Å². The van der Waals surface area contributed by atoms with Gasteiger partial charge in [0.1, 0.15) is 0 Å². The van der Waals surface area contributed by atoms with Gasteiger partial charge < -0.3 is 0 Å². The van der Waals surface area contributed by atoms with Gasteiger partial charge in [-0.3, -0.25) is 9.52 Å². The van der Waals surface area contributed by atoms with Crippen LogP contribution in [0.1, 0.15) is 34.8 Å². The fraction of sp³-hybridized carbons (Fsp3) is 0.167. The highest BCUT2D eigenvalue weighted by molar-refractivity contribution is 7.96. The molecular formula is C18H17NO3S. The van der Waals surface area contributed by atoms with Crippen molar-refractivity contribution in [3.05, 3.63) is 70.1 Å². The van der Waals surface area contributed by atoms with Crippen LogP contribution < -0.4 is 4.72 Å². The normalized spacial score (nSPS) is 13.9. The van der Waals surface area contributed by atoms with Gasteiger partial charge in [0.2, 0.25) is 0 Å². The molecule has 2 aromatic rings. The first-order valence-electron chi connectivity index (χ1n) is 7.38. The van der Waals surface area contributed by atoms with E-state index in [0.717, 1.165) is 11.1 Å². The molecule has 0 saturated heterocycles. The van der Waals surface area contributed by atoms with E-state index < -0.39 is 10.0 Å². The molecule has 3 rings (SSSR count). The summed E-state index contributed by atoms with van der Waals surface area (Å²) < 4.78 is 27.8. The number of allylic oxidation sites excluding steroid dienone is 1. The van der Waals surface area contributed by atoms with Gasteiger partial charge in [-0.25, -0.2) is 8.42 Å². The van der Waals surface area contributed by atoms with Gasteiger partial charge in [0.25, 0.3) is 10.0 Å². The number of benzene rings is 2. The van der Waals surface area contributed by atoms with Crippen LogP contribution in [0.3, 0.4) is 0 Å². The summed E-state index contributed by atoms with van der Waals surface area (Å²) in [4.78, 5) is 12.0. The van der Waals surface area contributed by atoms with Crippen molar-refractivity contribution in [3.63, 3.8) is 0 Å². The van der Waals surface area contributed by atoms with Gasteiger partial charge in [0.15, 0.2) is 5.78 Å². The molecule has 0 aromatic heterocycles. The summed E-state index contributed by atoms with van der Waals surface area (Å²) in [7, 11) is -3.68. The Morgan fingerprint density at radius 2 is 1.70 bits per heavy atom. The monoisotopic (exact) mass is 327 g/mol. The van der Waals surface area contributed by atoms with Crippen LogP contribution in [0.4, 0.5) is 5.69 Å². The largest absolute Gasteiger partial charge is 0.294 e. The lowest BCUT2D eigenvalue weighted by Crippen LogP contribution is -2.18. The molecule has 0 amide bonds. The molecule has 5 heteroatoms. The first kappa shape index (κ1) is 15.5. The highest BCUT2D eigenvalue weighted by atomic mass is 32.2. The number of hydrogen-bond donors (Lipinski definition) is 1. The van der Waals surface area contributed by atoms with E-state index in [1.165, 1.54) is 6.92 Å². The Kier molecular flexibility index (Phi) is 4.05. The maximum absolute atomic E-state index is 12.6. The van der Waals surface area contributed by atoms with Gasteiger partial charge in [0.05, 0.1) is 10.6 Å². The van der Waals surface area contributed by atoms with Crippen LogP contribution in [0.15, 0.2) is 53.4 Å². The van der Waals surface area contributed by atoms with Gasteiger partial charge in [-0.15, -0.1) is 0 Å². The fourth-order valence-corrected chi connectivity index (χ4v) is 3.96. The zero-order valence-electron chi connectivity index (χ0n) is 12.7. The van der Waals surface area contributed by atoms with Crippen molar-refractivity contribution in [1.82, 2.24) is 0 Å². The zero-order chi connectivity index (χ0) is 16.4. The minimum absolute atomic E-state index is 0.175. The van der Waals surface area contributed by atoms with E-state index in [0.29, 0.717) is 29.0 Å². The topological polar surface area (TPSA) is 63.2 Å². The Balaban J connectivity index is 1.95. The Labute approximate surface area is 135 Å². The lowest BCUT2D eigenvalue weighted by molar-refractivity contribution is 0.101. The number of aryl methyl sites for hydroxylation is 1. The molecule has 1 aliphatic carbocycles. The predicted molar refractivity (Wildman–Crippen MR) is 91.7 cm³/mol. The fourth-order valence-electron chi connectivity index (χ4n) is 2.71. The number of rotatable bonds is 4. The SMILES string of the molecule is CC(=O)c1ccccc1NS(=O)(=O)C1=Cc2ccccc2CC1. The van der Waals surface area contributed by atoms with Crippen LogP contribution in [-0.4, -0.2) is 14.2 Å². The lowest BCUT2D eigenvalue weighted by atomic mass is 9.98. The number of nitrogens with one attached hydrogen (secondary N) is 1. The number of carbonyl (C=O) groups excluding carboxylic acids is 1. The molecule has 0 heterocycles. The van der Waals surface area contributed by atoms with Gasteiger partial charge in [-0.1, -0.05) is 36.4 Å². The molecule has 1 N–H and O–H groups in total. The van der Waals surface area contributed by atoms with Gasteiger partial charge >= 0.3 is 0 Å². The molecule has 0 bridgehead atoms. The molecule has 0 atom stereocenters. The zero-order valence-corrected chi connectivity index (χ0v) is 13.6. The summed E-state index contributed by atoms with van der Waals surface area (Å²) >= 11 is 0. The predicted octanol–water partition coefficient (Wildman–Crippen LogP) is 3.62. The molecule has 4 nitrogen and oxygen atoms in total. The lowest BCUT2D eigenvalue weighted by Gasteiger charge is -2.18. The highest BCUT2D eigenvalue weighted by Crippen LogP contribution is 2.28. The molecule has 0 aliphatic heterocycles. The summed E-state index contributed by atoms with van der Waals surface area (Å²) in [5.41, 5.74) is 2.77. The van der Waals surface area contributed by atoms with Crippen LogP contribution in [0.5, 0.6) is 0 Å². The summed E-state index contributed by atoms with van der Waals surface area (Å²) in [6, 6.07) is 14.4. The van der Waals surface area contributed by atoms with E-state index in [1.807, 2.05) is 24.3 Å². The van der Waals surface area contributed by atoms with Crippen molar-refractivity contribution in [2.75, 3.05) is 4.72 Å². The minimum atomic E-state index is -3.68. The van der Waals surface area contributed by atoms with Crippen molar-refractivity contribution >= 4 is 27.6 Å². The minimum Gasteiger partial charge on any atom is -0.294 e. The number of Topliss-reactive ketones (excluding diaryl/α,β-unsaturated/α-hetero) is 1. The van der Waals surface area contributed by atoms with E-state index in [2.05, 4.69) is 4.72 Å². The van der Waals surface area contributed by atoms with E-state index in [1.54, 1.807) is 30.3 Å². The van der Waals surface area contributed by atoms with E-state index in [-0.39, 0.29) is 5.78 Å². The number of fused-ring (bicyclic) bond motifs is 1. The second-order valence-electron chi connectivity index (χ2n) is 5.52. The molecule has 0 unspecified atom stereocenters. The molecular weight excluding hydrogens is 310 g/mol. The van der Waals surface area contributed by atoms with Crippen LogP contribution >= 0.6 is 0 Å². The summed E-state index contributed by atoms with van der Waals surface area (Å²) in [6.07, 6.45) is 2.85. The molecule has 23 heavy (non-hydrogen) atoms. The molecule has 0 radical (unpaired) electrons. The number of anilines is 1. The van der Waals surface area contributed by atoms with Crippen molar-refractivity contribution in [2.24, 2.45) is 0 Å². The highest BCUT2D eigenvalue weighted by Gasteiger charge is 2.23. The second-order valence-corrected chi connectivity index (χ2v) is 7.25. The molecule has 1 aliphatic rings. The van der Waals surface area contributed by atoms with Crippen LogP contribution in [0, 0.1) is 0 Å². The number of sulfonamides is 1. The van der Waals surface area contributed by atoms with E-state index in [4.69, 9.17) is 0 Å². The Morgan fingerprint density at radius 3 is 2.48 bits per heavy atom. The summed E-state index contributed by atoms with van der Waals surface area (Å²) in [5.74, 6) is -0.175. The van der Waals surface area contributed by atoms with Crippen molar-refractivity contribution in [2.45, 2.75) is 19.8 Å². The number of carbonyl (C=O) groups is 1. The first-order chi connectivity index (χ1) is 11.0. The Morgan fingerprint density at radius 1 is 1.00 bits per heavy atom. The van der Waals surface area contributed by atoms with Crippen LogP contribution in [0.25, 0.3) is 6.08 Å². The van der Waals surface area contributed by atoms with Crippen LogP contribution in [0.2, 0.25) is 0 Å². The van der Waals surface area contributed by atoms with Crippen molar-refractivity contribution in [3.8, 4) is 0 Å². The maximum atomic E-state index is 12.6. The average Bonchev–Trinajstić information content (AvgIpc) is 2.54. The number of ketones is 1. The second kappa shape index (κ2) is 6.01. The Bertz CT molecular complexity index is 898. The molecule has 0 saturated carbocycles. The standard InChI is InChI=1S/C18H17NO3S/c1-13(20)17-8-4-5-9-18(17)19-23(21,22)16-11-10-14-6-2-3-7-15(14)12-16/h2-9,12,19H,10-11H2,1H3. The Hall–Kier alpha value is -2.40. The smallest absolute Gasteiger partial charge is 0.258 e. The van der Waals surface area contributed by atoms with Crippen molar-refractivity contribution in [1.29, 1.82) is 0 Å². The molecule has 2 aromatic carbocycles. The van der Waals surface area contributed by atoms with E-state index >= 15 is 0 Å². The molecule has 118 valence electrons. The summed E-state index contributed by atoms with van der Waals surface area (Å²) in [6.45, 7) is 1.42. The quantitative estimate of drug-likeness (QED) is 0.872. The first-order valence-corrected chi connectivity index (χ1v) is 8.87. The number of para-hydroxylation sites is 1. The molecule has 0 fully saturated rings. The summed E-state index contributed by atoms with van der Waals surface area (Å²) in [5, 5.41) is 0. The third-order valence-electron chi connectivity index (χ3n) is 3.91. The maximum Gasteiger partial charge on any atom is 0.258 e. The third-order valence-corrected chi connectivity index (χ3v) is 5.41. The van der Waals surface area contributed by atoms with Crippen molar-refractivity contribution < 1.29 is 13.2 Å². The van der Waals surface area contributed by atoms with Crippen LogP contribution in [-0.2, 0) is 16.4 Å². The van der Waals surface area contributed by atoms with Gasteiger partial charge in [-0.2, -0.15) is 0 Å². The molecule has 0 spiro atoms. The third kappa shape index (κ3) is 3.19. The van der Waals surface area contributed by atoms with E-state index in [9.17, 15) is 13.2 Å². The number of hydrogen-bond acceptors (Lipinski definition) is 3.